The summed E-state index contributed by atoms with van der Waals surface area (Å²) in [7, 11) is 0. The zero-order valence-corrected chi connectivity index (χ0v) is 17.2. The van der Waals surface area contributed by atoms with Crippen LogP contribution in [0, 0.1) is 0 Å². The van der Waals surface area contributed by atoms with Crippen LogP contribution in [0.4, 0.5) is 0 Å². The van der Waals surface area contributed by atoms with E-state index >= 15 is 0 Å². The minimum absolute atomic E-state index is 0.0605. The van der Waals surface area contributed by atoms with Crippen LogP contribution in [0.1, 0.15) is 56.9 Å². The van der Waals surface area contributed by atoms with Crippen LogP contribution in [0.2, 0.25) is 0 Å². The third kappa shape index (κ3) is 9.09. The van der Waals surface area contributed by atoms with Gasteiger partial charge >= 0.3 is 0 Å². The average molecular weight is 403 g/mol. The van der Waals surface area contributed by atoms with Gasteiger partial charge in [-0.15, -0.1) is 0 Å². The van der Waals surface area contributed by atoms with Gasteiger partial charge in [0.15, 0.2) is 0 Å². The molecule has 7 heteroatoms. The Morgan fingerprint density at radius 1 is 1.00 bits per heavy atom. The van der Waals surface area contributed by atoms with Crippen LogP contribution >= 0.6 is 0 Å². The van der Waals surface area contributed by atoms with Gasteiger partial charge in [0.05, 0.1) is 6.04 Å². The minimum atomic E-state index is -0.382. The maximum absolute atomic E-state index is 12.6. The maximum Gasteiger partial charge on any atom is 0.239 e. The predicted molar refractivity (Wildman–Crippen MR) is 113 cm³/mol. The maximum atomic E-state index is 12.6. The van der Waals surface area contributed by atoms with Gasteiger partial charge in [-0.3, -0.25) is 14.4 Å². The molecule has 1 saturated heterocycles. The Hall–Kier alpha value is -2.41. The Labute approximate surface area is 173 Å². The summed E-state index contributed by atoms with van der Waals surface area (Å²) in [5, 5.41) is 6.22. The van der Waals surface area contributed by atoms with Crippen LogP contribution in [0.15, 0.2) is 30.3 Å². The molecule has 0 spiro atoms. The van der Waals surface area contributed by atoms with Crippen LogP contribution in [-0.2, 0) is 20.9 Å². The van der Waals surface area contributed by atoms with Crippen molar-refractivity contribution >= 4 is 17.7 Å². The highest BCUT2D eigenvalue weighted by Crippen LogP contribution is 2.12. The van der Waals surface area contributed by atoms with Crippen LogP contribution in [0.25, 0.3) is 0 Å². The Balaban J connectivity index is 1.59. The van der Waals surface area contributed by atoms with Crippen molar-refractivity contribution in [2.75, 3.05) is 19.6 Å². The summed E-state index contributed by atoms with van der Waals surface area (Å²) in [6.07, 6.45) is 5.84. The fraction of sp³-hybridized carbons (Fsp3) is 0.591. The highest BCUT2D eigenvalue weighted by molar-refractivity contribution is 5.83. The van der Waals surface area contributed by atoms with Gasteiger partial charge < -0.3 is 21.3 Å². The van der Waals surface area contributed by atoms with Gasteiger partial charge in [0.25, 0.3) is 0 Å². The number of nitrogens with one attached hydrogen (secondary N) is 2. The molecule has 29 heavy (non-hydrogen) atoms. The van der Waals surface area contributed by atoms with Crippen molar-refractivity contribution in [1.82, 2.24) is 15.5 Å². The van der Waals surface area contributed by atoms with Gasteiger partial charge in [-0.2, -0.15) is 0 Å². The highest BCUT2D eigenvalue weighted by atomic mass is 16.2. The lowest BCUT2D eigenvalue weighted by Gasteiger charge is -2.24. The number of benzene rings is 1. The third-order valence-corrected chi connectivity index (χ3v) is 5.20. The topological polar surface area (TPSA) is 105 Å². The van der Waals surface area contributed by atoms with Crippen molar-refractivity contribution in [2.45, 2.75) is 64.0 Å². The molecule has 0 aromatic heterocycles. The zero-order valence-electron chi connectivity index (χ0n) is 17.2. The van der Waals surface area contributed by atoms with Gasteiger partial charge in [-0.25, -0.2) is 0 Å². The van der Waals surface area contributed by atoms with Crippen LogP contribution in [0.5, 0.6) is 0 Å². The van der Waals surface area contributed by atoms with E-state index in [2.05, 4.69) is 10.6 Å². The Bertz CT molecular complexity index is 645. The Kier molecular flexibility index (Phi) is 10.2. The largest absolute Gasteiger partial charge is 0.370 e. The number of unbranched alkanes of at least 4 members (excludes halogenated alkanes) is 2. The molecule has 1 aliphatic heterocycles. The molecule has 1 aliphatic rings. The summed E-state index contributed by atoms with van der Waals surface area (Å²) >= 11 is 0. The molecule has 1 atom stereocenters. The standard InChI is InChI=1S/C22H34N4O3/c23-20(27)13-12-19(22(29)26-15-7-8-16-26)24-14-6-2-5-11-21(28)25-17-18-9-3-1-4-10-18/h1,3-4,9-10,19,24H,2,5-8,11-17H2,(H2,23,27)(H,25,28). The first-order chi connectivity index (χ1) is 14.1. The molecular formula is C22H34N4O3. The molecule has 1 heterocycles. The van der Waals surface area contributed by atoms with E-state index < -0.39 is 0 Å². The second-order valence-corrected chi connectivity index (χ2v) is 7.62. The minimum Gasteiger partial charge on any atom is -0.370 e. The second kappa shape index (κ2) is 12.9. The molecule has 1 fully saturated rings. The predicted octanol–water partition coefficient (Wildman–Crippen LogP) is 1.71. The number of primary amides is 1. The third-order valence-electron chi connectivity index (χ3n) is 5.20. The molecular weight excluding hydrogens is 368 g/mol. The van der Waals surface area contributed by atoms with Crippen molar-refractivity contribution in [3.63, 3.8) is 0 Å². The molecule has 0 aliphatic carbocycles. The Morgan fingerprint density at radius 2 is 1.72 bits per heavy atom. The SMILES string of the molecule is NC(=O)CCC(NCCCCCC(=O)NCc1ccccc1)C(=O)N1CCCC1. The number of hydrogen-bond donors (Lipinski definition) is 3. The molecule has 1 aromatic rings. The van der Waals surface area contributed by atoms with Crippen LogP contribution in [0.3, 0.4) is 0 Å². The fourth-order valence-corrected chi connectivity index (χ4v) is 3.51. The first-order valence-electron chi connectivity index (χ1n) is 10.7. The first kappa shape index (κ1) is 22.9. The van der Waals surface area contributed by atoms with Crippen molar-refractivity contribution in [3.05, 3.63) is 35.9 Å². The number of nitrogens with zero attached hydrogens (tertiary/aromatic N) is 1. The monoisotopic (exact) mass is 402 g/mol. The van der Waals surface area contributed by atoms with E-state index in [-0.39, 0.29) is 30.2 Å². The average Bonchev–Trinajstić information content (AvgIpc) is 3.26. The summed E-state index contributed by atoms with van der Waals surface area (Å²) in [6, 6.07) is 9.50. The summed E-state index contributed by atoms with van der Waals surface area (Å²) in [5.74, 6) is -0.248. The number of amides is 3. The summed E-state index contributed by atoms with van der Waals surface area (Å²) < 4.78 is 0. The lowest BCUT2D eigenvalue weighted by atomic mass is 10.1. The molecule has 160 valence electrons. The normalized spacial score (nSPS) is 14.6. The molecule has 1 aromatic carbocycles. The number of likely N-dealkylation sites (tertiary alicyclic amines) is 1. The molecule has 0 bridgehead atoms. The second-order valence-electron chi connectivity index (χ2n) is 7.62. The van der Waals surface area contributed by atoms with E-state index in [1.165, 1.54) is 0 Å². The van der Waals surface area contributed by atoms with Crippen molar-refractivity contribution in [1.29, 1.82) is 0 Å². The van der Waals surface area contributed by atoms with E-state index in [1.54, 1.807) is 0 Å². The Morgan fingerprint density at radius 3 is 2.41 bits per heavy atom. The quantitative estimate of drug-likeness (QED) is 0.437. The van der Waals surface area contributed by atoms with Crippen LogP contribution < -0.4 is 16.4 Å². The molecule has 0 saturated carbocycles. The summed E-state index contributed by atoms with van der Waals surface area (Å²) in [4.78, 5) is 37.5. The zero-order chi connectivity index (χ0) is 20.9. The van der Waals surface area contributed by atoms with Crippen molar-refractivity contribution in [2.24, 2.45) is 5.73 Å². The molecule has 0 radical (unpaired) electrons. The van der Waals surface area contributed by atoms with Gasteiger partial charge in [0.1, 0.15) is 0 Å². The van der Waals surface area contributed by atoms with Crippen molar-refractivity contribution in [3.8, 4) is 0 Å². The van der Waals surface area contributed by atoms with Crippen molar-refractivity contribution < 1.29 is 14.4 Å². The highest BCUT2D eigenvalue weighted by Gasteiger charge is 2.26. The first-order valence-corrected chi connectivity index (χ1v) is 10.7. The number of carbonyl (C=O) groups is 3. The van der Waals surface area contributed by atoms with E-state index in [4.69, 9.17) is 5.73 Å². The number of carbonyl (C=O) groups excluding carboxylic acids is 3. The number of hydrogen-bond acceptors (Lipinski definition) is 4. The van der Waals surface area contributed by atoms with E-state index in [0.29, 0.717) is 25.9 Å². The van der Waals surface area contributed by atoms with Gasteiger partial charge in [0.2, 0.25) is 17.7 Å². The number of rotatable bonds is 13. The van der Waals surface area contributed by atoms with E-state index in [1.807, 2.05) is 35.2 Å². The summed E-state index contributed by atoms with van der Waals surface area (Å²) in [6.45, 7) is 2.84. The lowest BCUT2D eigenvalue weighted by Crippen LogP contribution is -2.46. The molecule has 2 rings (SSSR count). The van der Waals surface area contributed by atoms with Gasteiger partial charge in [0, 0.05) is 32.5 Å². The smallest absolute Gasteiger partial charge is 0.239 e. The number of nitrogens with two attached hydrogens (primary N) is 1. The molecule has 4 N–H and O–H groups in total. The van der Waals surface area contributed by atoms with E-state index in [0.717, 1.165) is 50.8 Å². The summed E-state index contributed by atoms with van der Waals surface area (Å²) in [5.41, 5.74) is 6.34. The van der Waals surface area contributed by atoms with Gasteiger partial charge in [-0.1, -0.05) is 36.8 Å². The lowest BCUT2D eigenvalue weighted by molar-refractivity contribution is -0.132. The fourth-order valence-electron chi connectivity index (χ4n) is 3.51. The molecule has 7 nitrogen and oxygen atoms in total. The van der Waals surface area contributed by atoms with Gasteiger partial charge in [-0.05, 0) is 44.2 Å². The molecule has 1 unspecified atom stereocenters. The van der Waals surface area contributed by atoms with Crippen LogP contribution in [-0.4, -0.2) is 48.3 Å². The molecule has 3 amide bonds. The van der Waals surface area contributed by atoms with E-state index in [9.17, 15) is 14.4 Å².